The van der Waals surface area contributed by atoms with Crippen molar-refractivity contribution in [1.82, 2.24) is 9.36 Å². The van der Waals surface area contributed by atoms with Gasteiger partial charge >= 0.3 is 0 Å². The number of hydrogen-bond acceptors (Lipinski definition) is 11. The Hall–Kier alpha value is -3.81. The Morgan fingerprint density at radius 3 is 2.48 bits per heavy atom. The highest BCUT2D eigenvalue weighted by atomic mass is 32.2. The molecule has 0 spiro atoms. The van der Waals surface area contributed by atoms with E-state index >= 15 is 0 Å². The smallest absolute Gasteiger partial charge is 0.238 e. The molecule has 0 unspecified atom stereocenters. The number of anilines is 2. The maximum atomic E-state index is 12.6. The van der Waals surface area contributed by atoms with Crippen molar-refractivity contribution >= 4 is 43.1 Å². The molecule has 4 aromatic rings. The fourth-order valence-corrected chi connectivity index (χ4v) is 3.81. The zero-order chi connectivity index (χ0) is 22.0. The number of primary sulfonamides is 1. The first-order valence-corrected chi connectivity index (χ1v) is 10.9. The average molecular weight is 455 g/mol. The van der Waals surface area contributed by atoms with Gasteiger partial charge in [0.05, 0.1) is 16.1 Å². The molecule has 2 aromatic heterocycles. The largest absolute Gasteiger partial charge is 0.287 e. The van der Waals surface area contributed by atoms with Crippen molar-refractivity contribution in [3.63, 3.8) is 0 Å². The highest BCUT2D eigenvalue weighted by molar-refractivity contribution is 7.89. The molecule has 0 saturated heterocycles. The van der Waals surface area contributed by atoms with E-state index in [1.54, 1.807) is 12.1 Å². The Morgan fingerprint density at radius 2 is 1.74 bits per heavy atom. The summed E-state index contributed by atoms with van der Waals surface area (Å²) < 4.78 is 27.4. The third kappa shape index (κ3) is 4.37. The fourth-order valence-electron chi connectivity index (χ4n) is 2.57. The van der Waals surface area contributed by atoms with Crippen LogP contribution >= 0.6 is 11.5 Å². The molecule has 11 nitrogen and oxygen atoms in total. The summed E-state index contributed by atoms with van der Waals surface area (Å²) in [4.78, 5) is 28.5. The summed E-state index contributed by atoms with van der Waals surface area (Å²) in [5.74, 6) is 0. The molecule has 156 valence electrons. The van der Waals surface area contributed by atoms with Crippen LogP contribution in [-0.4, -0.2) is 17.8 Å². The van der Waals surface area contributed by atoms with Crippen LogP contribution in [0.1, 0.15) is 0 Å². The van der Waals surface area contributed by atoms with E-state index in [0.29, 0.717) is 21.6 Å². The second-order valence-electron chi connectivity index (χ2n) is 6.18. The molecule has 0 atom stereocenters. The van der Waals surface area contributed by atoms with E-state index in [0.717, 1.165) is 11.5 Å². The third-order valence-electron chi connectivity index (χ3n) is 4.11. The minimum absolute atomic E-state index is 0.0565. The lowest BCUT2D eigenvalue weighted by Crippen LogP contribution is -2.47. The van der Waals surface area contributed by atoms with Gasteiger partial charge in [-0.25, -0.2) is 13.6 Å². The summed E-state index contributed by atoms with van der Waals surface area (Å²) in [5, 5.41) is 13.6. The molecule has 0 saturated carbocycles. The summed E-state index contributed by atoms with van der Waals surface area (Å²) >= 11 is 1.03. The highest BCUT2D eigenvalue weighted by Gasteiger charge is 2.12. The fraction of sp³-hybridized carbons (Fsp3) is 0. The minimum atomic E-state index is -3.89. The maximum absolute atomic E-state index is 12.6. The molecule has 0 aliphatic carbocycles. The summed E-state index contributed by atoms with van der Waals surface area (Å²) in [5.41, 5.74) is 5.17. The SMILES string of the molecule is NS(=O)(=O)c1ccc2nsc(N/N=c3\ccc(=O)/c(=N\Nc4ccncc4)c3=O)c2c1. The molecule has 0 aliphatic heterocycles. The number of rotatable bonds is 5. The van der Waals surface area contributed by atoms with E-state index in [9.17, 15) is 18.0 Å². The number of pyridine rings is 1. The van der Waals surface area contributed by atoms with Gasteiger partial charge in [-0.2, -0.15) is 14.6 Å². The normalized spacial score (nSPS) is 12.9. The number of hydrogen-bond donors (Lipinski definition) is 3. The van der Waals surface area contributed by atoms with Crippen molar-refractivity contribution in [2.45, 2.75) is 4.90 Å². The zero-order valence-electron chi connectivity index (χ0n) is 15.5. The first kappa shape index (κ1) is 20.5. The monoisotopic (exact) mass is 455 g/mol. The number of fused-ring (bicyclic) bond motifs is 1. The van der Waals surface area contributed by atoms with Crippen LogP contribution in [0.15, 0.2) is 79.5 Å². The summed E-state index contributed by atoms with van der Waals surface area (Å²) in [6.45, 7) is 0. The number of nitrogens with one attached hydrogen (secondary N) is 2. The van der Waals surface area contributed by atoms with Crippen molar-refractivity contribution < 1.29 is 8.42 Å². The molecule has 0 bridgehead atoms. The topological polar surface area (TPSA) is 169 Å². The molecule has 13 heteroatoms. The van der Waals surface area contributed by atoms with Gasteiger partial charge in [0.15, 0.2) is 5.36 Å². The molecular weight excluding hydrogens is 442 g/mol. The standard InChI is InChI=1S/C18H13N7O4S2/c19-31(28,29)11-1-2-13-12(9-11)18(30-25-13)24-22-14-3-4-15(26)16(17(14)27)23-21-10-5-7-20-8-6-10/h1-9,24H,(H,20,21)(H2,19,28,29)/b22-14+,23-16+. The van der Waals surface area contributed by atoms with Gasteiger partial charge in [0, 0.05) is 17.8 Å². The average Bonchev–Trinajstić information content (AvgIpc) is 3.15. The number of nitrogens with two attached hydrogens (primary N) is 1. The van der Waals surface area contributed by atoms with Gasteiger partial charge in [0.25, 0.3) is 0 Å². The van der Waals surface area contributed by atoms with Gasteiger partial charge < -0.3 is 0 Å². The molecule has 4 rings (SSSR count). The van der Waals surface area contributed by atoms with Crippen molar-refractivity contribution in [1.29, 1.82) is 0 Å². The Morgan fingerprint density at radius 1 is 0.968 bits per heavy atom. The van der Waals surface area contributed by atoms with Gasteiger partial charge in [-0.3, -0.25) is 25.4 Å². The molecule has 2 aromatic carbocycles. The molecule has 0 radical (unpaired) electrons. The van der Waals surface area contributed by atoms with E-state index in [4.69, 9.17) is 5.14 Å². The van der Waals surface area contributed by atoms with Gasteiger partial charge in [0.1, 0.15) is 10.4 Å². The van der Waals surface area contributed by atoms with E-state index in [-0.39, 0.29) is 15.6 Å². The first-order chi connectivity index (χ1) is 14.8. The van der Waals surface area contributed by atoms with E-state index in [2.05, 4.69) is 30.4 Å². The lowest BCUT2D eigenvalue weighted by molar-refractivity contribution is 0.598. The number of aromatic nitrogens is 2. The van der Waals surface area contributed by atoms with Crippen molar-refractivity contribution in [3.05, 3.63) is 86.0 Å². The molecular formula is C18H13N7O4S2. The van der Waals surface area contributed by atoms with Crippen LogP contribution in [0.2, 0.25) is 0 Å². The predicted octanol–water partition coefficient (Wildman–Crippen LogP) is -0.210. The molecule has 0 aliphatic rings. The number of sulfonamides is 1. The number of nitrogens with zero attached hydrogens (tertiary/aromatic N) is 4. The minimum Gasteiger partial charge on any atom is -0.287 e. The van der Waals surface area contributed by atoms with E-state index in [1.807, 2.05) is 0 Å². The Bertz CT molecular complexity index is 1610. The summed E-state index contributed by atoms with van der Waals surface area (Å²) in [6, 6.07) is 9.93. The second kappa shape index (κ2) is 8.14. The number of benzene rings is 2. The quantitative estimate of drug-likeness (QED) is 0.347. The maximum Gasteiger partial charge on any atom is 0.238 e. The molecule has 2 heterocycles. The van der Waals surface area contributed by atoms with Crippen molar-refractivity contribution in [2.24, 2.45) is 15.3 Å². The Kier molecular flexibility index (Phi) is 5.37. The van der Waals surface area contributed by atoms with Gasteiger partial charge in [0.2, 0.25) is 20.9 Å². The van der Waals surface area contributed by atoms with Gasteiger partial charge in [-0.1, -0.05) is 0 Å². The van der Waals surface area contributed by atoms with E-state index < -0.39 is 20.9 Å². The van der Waals surface area contributed by atoms with Crippen LogP contribution in [0.3, 0.4) is 0 Å². The molecule has 4 N–H and O–H groups in total. The van der Waals surface area contributed by atoms with Crippen molar-refractivity contribution in [3.8, 4) is 0 Å². The first-order valence-electron chi connectivity index (χ1n) is 8.60. The summed E-state index contributed by atoms with van der Waals surface area (Å²) in [7, 11) is -3.89. The Balaban J connectivity index is 1.72. The zero-order valence-corrected chi connectivity index (χ0v) is 17.1. The van der Waals surface area contributed by atoms with Crippen LogP contribution in [0.5, 0.6) is 0 Å². The molecule has 0 fully saturated rings. The molecule has 31 heavy (non-hydrogen) atoms. The second-order valence-corrected chi connectivity index (χ2v) is 8.51. The summed E-state index contributed by atoms with van der Waals surface area (Å²) in [6.07, 6.45) is 3.06. The van der Waals surface area contributed by atoms with Gasteiger partial charge in [-0.15, -0.1) is 0 Å². The van der Waals surface area contributed by atoms with Crippen LogP contribution in [0.4, 0.5) is 10.7 Å². The van der Waals surface area contributed by atoms with E-state index in [1.165, 1.54) is 42.7 Å². The van der Waals surface area contributed by atoms with Crippen LogP contribution in [-0.2, 0) is 10.0 Å². The predicted molar refractivity (Wildman–Crippen MR) is 115 cm³/mol. The highest BCUT2D eigenvalue weighted by Crippen LogP contribution is 2.29. The lowest BCUT2D eigenvalue weighted by Gasteiger charge is -2.00. The molecule has 0 amide bonds. The Labute approximate surface area is 178 Å². The van der Waals surface area contributed by atoms with Gasteiger partial charge in [-0.05, 0) is 54.0 Å². The van der Waals surface area contributed by atoms with Crippen LogP contribution < -0.4 is 37.6 Å². The van der Waals surface area contributed by atoms with Crippen LogP contribution in [0.25, 0.3) is 10.9 Å². The van der Waals surface area contributed by atoms with Crippen molar-refractivity contribution in [2.75, 3.05) is 10.9 Å². The third-order valence-corrected chi connectivity index (χ3v) is 5.80. The van der Waals surface area contributed by atoms with Crippen LogP contribution in [0, 0.1) is 0 Å². The lowest BCUT2D eigenvalue weighted by atomic mass is 10.2.